The third kappa shape index (κ3) is 5.17. The van der Waals surface area contributed by atoms with E-state index in [1.807, 2.05) is 42.6 Å². The lowest BCUT2D eigenvalue weighted by Gasteiger charge is -2.21. The lowest BCUT2D eigenvalue weighted by atomic mass is 10.1. The Morgan fingerprint density at radius 3 is 2.73 bits per heavy atom. The number of hydrogen-bond acceptors (Lipinski definition) is 7. The largest absolute Gasteiger partial charge is 0.486 e. The Labute approximate surface area is 182 Å². The van der Waals surface area contributed by atoms with Crippen molar-refractivity contribution < 1.29 is 19.1 Å². The first-order chi connectivity index (χ1) is 14.6. The highest BCUT2D eigenvalue weighted by atomic mass is 32.1. The van der Waals surface area contributed by atoms with Crippen LogP contribution in [0.4, 0.5) is 5.13 Å². The van der Waals surface area contributed by atoms with Crippen LogP contribution in [0.15, 0.2) is 41.1 Å². The van der Waals surface area contributed by atoms with Gasteiger partial charge in [-0.3, -0.25) is 9.59 Å². The van der Waals surface area contributed by atoms with Crippen molar-refractivity contribution in [3.8, 4) is 11.5 Å². The fourth-order valence-corrected chi connectivity index (χ4v) is 4.48. The molecular weight excluding hydrogens is 422 g/mol. The molecule has 1 aliphatic rings. The molecule has 0 bridgehead atoms. The van der Waals surface area contributed by atoms with Crippen LogP contribution in [0, 0.1) is 0 Å². The number of carbonyl (C=O) groups is 2. The van der Waals surface area contributed by atoms with Gasteiger partial charge in [0.25, 0.3) is 0 Å². The molecule has 1 unspecified atom stereocenters. The number of aromatic nitrogens is 1. The third-order valence-electron chi connectivity index (χ3n) is 4.50. The summed E-state index contributed by atoms with van der Waals surface area (Å²) in [4.78, 5) is 29.9. The highest BCUT2D eigenvalue weighted by molar-refractivity contribution is 7.14. The molecule has 0 spiro atoms. The Balaban J connectivity index is 1.29. The van der Waals surface area contributed by atoms with E-state index in [0.29, 0.717) is 36.2 Å². The summed E-state index contributed by atoms with van der Waals surface area (Å²) >= 11 is 2.85. The van der Waals surface area contributed by atoms with Crippen molar-refractivity contribution in [1.29, 1.82) is 0 Å². The Bertz CT molecular complexity index is 1030. The summed E-state index contributed by atoms with van der Waals surface area (Å²) in [7, 11) is 0. The maximum Gasteiger partial charge on any atom is 0.231 e. The van der Waals surface area contributed by atoms with Crippen LogP contribution in [0.1, 0.15) is 29.1 Å². The van der Waals surface area contributed by atoms with Crippen LogP contribution >= 0.6 is 22.7 Å². The number of nitrogens with one attached hydrogen (secondary N) is 2. The quantitative estimate of drug-likeness (QED) is 0.583. The summed E-state index contributed by atoms with van der Waals surface area (Å²) in [6.07, 6.45) is 0.465. The third-order valence-corrected chi connectivity index (χ3v) is 6.18. The molecule has 2 amide bonds. The number of thiazole rings is 1. The fraction of sp³-hybridized carbons (Fsp3) is 0.286. The second kappa shape index (κ2) is 9.27. The van der Waals surface area contributed by atoms with Gasteiger partial charge in [0, 0.05) is 10.3 Å². The van der Waals surface area contributed by atoms with Crippen molar-refractivity contribution >= 4 is 39.6 Å². The molecular formula is C21H21N3O4S2. The van der Waals surface area contributed by atoms with Crippen LogP contribution in [-0.4, -0.2) is 30.0 Å². The zero-order chi connectivity index (χ0) is 20.9. The second-order valence-electron chi connectivity index (χ2n) is 6.82. The van der Waals surface area contributed by atoms with Gasteiger partial charge in [0.15, 0.2) is 16.6 Å². The van der Waals surface area contributed by atoms with E-state index in [1.54, 1.807) is 16.7 Å². The number of rotatable bonds is 7. The average Bonchev–Trinajstić information content (AvgIpc) is 3.39. The van der Waals surface area contributed by atoms with E-state index in [0.717, 1.165) is 16.2 Å². The van der Waals surface area contributed by atoms with Crippen LogP contribution in [0.2, 0.25) is 0 Å². The van der Waals surface area contributed by atoms with E-state index in [-0.39, 0.29) is 24.3 Å². The van der Waals surface area contributed by atoms with Crippen molar-refractivity contribution in [2.75, 3.05) is 18.5 Å². The van der Waals surface area contributed by atoms with Crippen LogP contribution in [0.25, 0.3) is 0 Å². The molecule has 0 fully saturated rings. The van der Waals surface area contributed by atoms with Gasteiger partial charge in [-0.25, -0.2) is 4.98 Å². The van der Waals surface area contributed by atoms with Crippen LogP contribution in [-0.2, 0) is 22.4 Å². The first-order valence-electron chi connectivity index (χ1n) is 9.52. The molecule has 0 radical (unpaired) electrons. The van der Waals surface area contributed by atoms with Gasteiger partial charge in [0.05, 0.1) is 24.6 Å². The molecule has 2 aromatic heterocycles. The lowest BCUT2D eigenvalue weighted by molar-refractivity contribution is -0.121. The van der Waals surface area contributed by atoms with Gasteiger partial charge in [-0.15, -0.1) is 22.7 Å². The number of carbonyl (C=O) groups excluding carboxylic acids is 2. The molecule has 3 heterocycles. The van der Waals surface area contributed by atoms with Gasteiger partial charge in [-0.1, -0.05) is 12.1 Å². The number of fused-ring (bicyclic) bond motifs is 1. The molecule has 156 valence electrons. The first kappa shape index (κ1) is 20.4. The van der Waals surface area contributed by atoms with E-state index >= 15 is 0 Å². The van der Waals surface area contributed by atoms with Crippen molar-refractivity contribution in [2.45, 2.75) is 25.8 Å². The Kier molecular flexibility index (Phi) is 6.29. The number of nitrogens with zero attached hydrogens (tertiary/aromatic N) is 1. The SMILES string of the molecule is CC(NC(=O)Cc1csc(NC(=O)Cc2cccs2)n1)c1ccc2c(c1)OCCO2. The normalized spacial score (nSPS) is 13.5. The Morgan fingerprint density at radius 1 is 1.10 bits per heavy atom. The second-order valence-corrected chi connectivity index (χ2v) is 8.71. The number of hydrogen-bond donors (Lipinski definition) is 2. The summed E-state index contributed by atoms with van der Waals surface area (Å²) in [5, 5.41) is 9.99. The molecule has 1 aliphatic heterocycles. The van der Waals surface area contributed by atoms with Gasteiger partial charge < -0.3 is 20.1 Å². The molecule has 0 saturated heterocycles. The highest BCUT2D eigenvalue weighted by Crippen LogP contribution is 2.32. The molecule has 1 atom stereocenters. The van der Waals surface area contributed by atoms with E-state index in [1.165, 1.54) is 11.3 Å². The van der Waals surface area contributed by atoms with Gasteiger partial charge in [0.2, 0.25) is 11.8 Å². The minimum atomic E-state index is -0.183. The molecule has 1 aromatic carbocycles. The molecule has 0 saturated carbocycles. The number of benzene rings is 1. The molecule has 7 nitrogen and oxygen atoms in total. The zero-order valence-corrected chi connectivity index (χ0v) is 18.0. The Hall–Kier alpha value is -2.91. The molecule has 30 heavy (non-hydrogen) atoms. The maximum atomic E-state index is 12.4. The highest BCUT2D eigenvalue weighted by Gasteiger charge is 2.17. The van der Waals surface area contributed by atoms with Crippen molar-refractivity contribution in [2.24, 2.45) is 0 Å². The van der Waals surface area contributed by atoms with Crippen LogP contribution < -0.4 is 20.1 Å². The van der Waals surface area contributed by atoms with Crippen molar-refractivity contribution in [1.82, 2.24) is 10.3 Å². The Morgan fingerprint density at radius 2 is 1.93 bits per heavy atom. The number of ether oxygens (including phenoxy) is 2. The summed E-state index contributed by atoms with van der Waals surface area (Å²) in [6, 6.07) is 9.32. The predicted octanol–water partition coefficient (Wildman–Crippen LogP) is 3.58. The van der Waals surface area contributed by atoms with E-state index in [4.69, 9.17) is 9.47 Å². The van der Waals surface area contributed by atoms with E-state index in [9.17, 15) is 9.59 Å². The van der Waals surface area contributed by atoms with Gasteiger partial charge in [-0.05, 0) is 36.1 Å². The minimum Gasteiger partial charge on any atom is -0.486 e. The lowest BCUT2D eigenvalue weighted by Crippen LogP contribution is -2.28. The number of anilines is 1. The molecule has 2 N–H and O–H groups in total. The van der Waals surface area contributed by atoms with Gasteiger partial charge in [-0.2, -0.15) is 0 Å². The summed E-state index contributed by atoms with van der Waals surface area (Å²) in [6.45, 7) is 2.98. The van der Waals surface area contributed by atoms with E-state index < -0.39 is 0 Å². The number of amides is 2. The van der Waals surface area contributed by atoms with E-state index in [2.05, 4.69) is 15.6 Å². The van der Waals surface area contributed by atoms with Crippen molar-refractivity contribution in [3.05, 3.63) is 57.2 Å². The monoisotopic (exact) mass is 443 g/mol. The van der Waals surface area contributed by atoms with Crippen LogP contribution in [0.5, 0.6) is 11.5 Å². The van der Waals surface area contributed by atoms with Crippen LogP contribution in [0.3, 0.4) is 0 Å². The molecule has 0 aliphatic carbocycles. The minimum absolute atomic E-state index is 0.116. The van der Waals surface area contributed by atoms with Gasteiger partial charge in [0.1, 0.15) is 13.2 Å². The van der Waals surface area contributed by atoms with Gasteiger partial charge >= 0.3 is 0 Å². The average molecular weight is 444 g/mol. The van der Waals surface area contributed by atoms with Crippen molar-refractivity contribution in [3.63, 3.8) is 0 Å². The fourth-order valence-electron chi connectivity index (χ4n) is 3.05. The predicted molar refractivity (Wildman–Crippen MR) is 116 cm³/mol. The number of thiophene rings is 1. The topological polar surface area (TPSA) is 89.6 Å². The standard InChI is InChI=1S/C21H21N3O4S2/c1-13(14-4-5-17-18(9-14)28-7-6-27-17)22-19(25)10-15-12-30-21(23-15)24-20(26)11-16-3-2-8-29-16/h2-5,8-9,12-13H,6-7,10-11H2,1H3,(H,22,25)(H,23,24,26). The first-order valence-corrected chi connectivity index (χ1v) is 11.3. The zero-order valence-electron chi connectivity index (χ0n) is 16.3. The summed E-state index contributed by atoms with van der Waals surface area (Å²) in [5.74, 6) is 1.16. The summed E-state index contributed by atoms with van der Waals surface area (Å²) in [5.41, 5.74) is 1.56. The molecule has 4 rings (SSSR count). The smallest absolute Gasteiger partial charge is 0.231 e. The summed E-state index contributed by atoms with van der Waals surface area (Å²) < 4.78 is 11.1. The molecule has 9 heteroatoms. The maximum absolute atomic E-state index is 12.4. The molecule has 3 aromatic rings.